The van der Waals surface area contributed by atoms with Crippen LogP contribution in [0.5, 0.6) is 5.75 Å². The topological polar surface area (TPSA) is 50.2 Å². The molecule has 0 atom stereocenters. The minimum atomic E-state index is -5.19. The van der Waals surface area contributed by atoms with Crippen LogP contribution in [-0.2, 0) is 6.18 Å². The first-order valence-electron chi connectivity index (χ1n) is 3.81. The minimum Gasteiger partial charge on any atom is -0.506 e. The SMILES string of the molecule is O=Cc1c(O)cnc(C(F)F)c1C(F)(F)F. The van der Waals surface area contributed by atoms with E-state index in [1.165, 1.54) is 0 Å². The van der Waals surface area contributed by atoms with Crippen LogP contribution in [0.3, 0.4) is 0 Å². The first-order chi connectivity index (χ1) is 7.29. The summed E-state index contributed by atoms with van der Waals surface area (Å²) in [6.07, 6.45) is -8.64. The van der Waals surface area contributed by atoms with Gasteiger partial charge in [0, 0.05) is 0 Å². The maximum atomic E-state index is 12.4. The minimum absolute atomic E-state index is 0.342. The molecule has 0 unspecified atom stereocenters. The largest absolute Gasteiger partial charge is 0.506 e. The van der Waals surface area contributed by atoms with Gasteiger partial charge in [0.2, 0.25) is 0 Å². The number of aromatic nitrogens is 1. The Hall–Kier alpha value is -1.73. The van der Waals surface area contributed by atoms with Crippen LogP contribution in [0.1, 0.15) is 28.0 Å². The third kappa shape index (κ3) is 2.10. The number of alkyl halides is 5. The van der Waals surface area contributed by atoms with E-state index < -0.39 is 35.2 Å². The molecule has 0 aromatic carbocycles. The van der Waals surface area contributed by atoms with Gasteiger partial charge in [-0.05, 0) is 0 Å². The van der Waals surface area contributed by atoms with Gasteiger partial charge >= 0.3 is 6.18 Å². The van der Waals surface area contributed by atoms with Crippen molar-refractivity contribution in [1.82, 2.24) is 4.98 Å². The van der Waals surface area contributed by atoms with E-state index >= 15 is 0 Å². The molecule has 0 aliphatic rings. The molecule has 88 valence electrons. The van der Waals surface area contributed by atoms with Gasteiger partial charge in [-0.15, -0.1) is 0 Å². The van der Waals surface area contributed by atoms with Crippen LogP contribution in [0.4, 0.5) is 22.0 Å². The lowest BCUT2D eigenvalue weighted by molar-refractivity contribution is -0.140. The summed E-state index contributed by atoms with van der Waals surface area (Å²) in [4.78, 5) is 13.1. The second-order valence-electron chi connectivity index (χ2n) is 2.73. The quantitative estimate of drug-likeness (QED) is 0.639. The van der Waals surface area contributed by atoms with Gasteiger partial charge < -0.3 is 5.11 Å². The van der Waals surface area contributed by atoms with Crippen LogP contribution in [0.15, 0.2) is 6.20 Å². The number of hydrogen-bond donors (Lipinski definition) is 1. The average Bonchev–Trinajstić information content (AvgIpc) is 2.15. The summed E-state index contributed by atoms with van der Waals surface area (Å²) in [6.45, 7) is 0. The normalized spacial score (nSPS) is 11.9. The first kappa shape index (κ1) is 12.3. The van der Waals surface area contributed by atoms with Gasteiger partial charge in [0.05, 0.1) is 17.3 Å². The number of rotatable bonds is 2. The number of halogens is 5. The molecule has 1 aromatic heterocycles. The van der Waals surface area contributed by atoms with E-state index in [1.54, 1.807) is 0 Å². The molecule has 3 nitrogen and oxygen atoms in total. The second-order valence-corrected chi connectivity index (χ2v) is 2.73. The number of carbonyl (C=O) groups is 1. The number of hydrogen-bond acceptors (Lipinski definition) is 3. The number of aldehydes is 1. The molecule has 1 aromatic rings. The number of carbonyl (C=O) groups excluding carboxylic acids is 1. The zero-order chi connectivity index (χ0) is 12.5. The summed E-state index contributed by atoms with van der Waals surface area (Å²) < 4.78 is 61.7. The molecule has 0 aliphatic heterocycles. The van der Waals surface area contributed by atoms with Crippen LogP contribution >= 0.6 is 0 Å². The van der Waals surface area contributed by atoms with Crippen molar-refractivity contribution in [3.8, 4) is 5.75 Å². The van der Waals surface area contributed by atoms with E-state index in [0.717, 1.165) is 0 Å². The van der Waals surface area contributed by atoms with Gasteiger partial charge in [0.1, 0.15) is 11.4 Å². The maximum absolute atomic E-state index is 12.4. The van der Waals surface area contributed by atoms with Gasteiger partial charge in [-0.1, -0.05) is 0 Å². The first-order valence-corrected chi connectivity index (χ1v) is 3.81. The van der Waals surface area contributed by atoms with Crippen LogP contribution < -0.4 is 0 Å². The van der Waals surface area contributed by atoms with Gasteiger partial charge in [-0.3, -0.25) is 9.78 Å². The van der Waals surface area contributed by atoms with Crippen molar-refractivity contribution in [3.63, 3.8) is 0 Å². The molecule has 0 saturated heterocycles. The van der Waals surface area contributed by atoms with Crippen molar-refractivity contribution in [1.29, 1.82) is 0 Å². The fourth-order valence-electron chi connectivity index (χ4n) is 1.11. The fourth-order valence-corrected chi connectivity index (χ4v) is 1.11. The fraction of sp³-hybridized carbons (Fsp3) is 0.250. The number of aromatic hydroxyl groups is 1. The monoisotopic (exact) mass is 241 g/mol. The van der Waals surface area contributed by atoms with Crippen molar-refractivity contribution >= 4 is 6.29 Å². The molecule has 0 bridgehead atoms. The summed E-state index contributed by atoms with van der Waals surface area (Å²) in [5.41, 5.74) is -4.72. The smallest absolute Gasteiger partial charge is 0.419 e. The van der Waals surface area contributed by atoms with Crippen LogP contribution in [0.25, 0.3) is 0 Å². The van der Waals surface area contributed by atoms with E-state index in [0.29, 0.717) is 6.20 Å². The Bertz CT molecular complexity index is 416. The molecule has 0 spiro atoms. The van der Waals surface area contributed by atoms with Crippen LogP contribution in [0.2, 0.25) is 0 Å². The highest BCUT2D eigenvalue weighted by Gasteiger charge is 2.40. The molecule has 1 N–H and O–H groups in total. The van der Waals surface area contributed by atoms with Crippen LogP contribution in [-0.4, -0.2) is 16.4 Å². The summed E-state index contributed by atoms with van der Waals surface area (Å²) >= 11 is 0. The molecular weight excluding hydrogens is 237 g/mol. The zero-order valence-corrected chi connectivity index (χ0v) is 7.42. The Morgan fingerprint density at radius 2 is 1.94 bits per heavy atom. The van der Waals surface area contributed by atoms with Crippen molar-refractivity contribution in [2.24, 2.45) is 0 Å². The molecule has 0 radical (unpaired) electrons. The van der Waals surface area contributed by atoms with Crippen molar-refractivity contribution in [2.45, 2.75) is 12.6 Å². The highest BCUT2D eigenvalue weighted by molar-refractivity contribution is 5.82. The molecule has 0 saturated carbocycles. The summed E-state index contributed by atoms with van der Waals surface area (Å²) in [7, 11) is 0. The Balaban J connectivity index is 3.61. The van der Waals surface area contributed by atoms with Gasteiger partial charge in [-0.2, -0.15) is 13.2 Å². The molecule has 0 aliphatic carbocycles. The van der Waals surface area contributed by atoms with E-state index in [1.807, 2.05) is 0 Å². The van der Waals surface area contributed by atoms with E-state index in [2.05, 4.69) is 4.98 Å². The number of nitrogens with zero attached hydrogens (tertiary/aromatic N) is 1. The average molecular weight is 241 g/mol. The molecule has 1 rings (SSSR count). The Labute approximate surface area is 85.5 Å². The Kier molecular flexibility index (Phi) is 3.11. The Morgan fingerprint density at radius 1 is 1.38 bits per heavy atom. The van der Waals surface area contributed by atoms with E-state index in [-0.39, 0.29) is 6.29 Å². The lowest BCUT2D eigenvalue weighted by atomic mass is 10.1. The predicted molar refractivity (Wildman–Crippen MR) is 41.2 cm³/mol. The highest BCUT2D eigenvalue weighted by Crippen LogP contribution is 2.39. The predicted octanol–water partition coefficient (Wildman–Crippen LogP) is 2.56. The highest BCUT2D eigenvalue weighted by atomic mass is 19.4. The van der Waals surface area contributed by atoms with Gasteiger partial charge in [0.15, 0.2) is 6.29 Å². The zero-order valence-electron chi connectivity index (χ0n) is 7.42. The lowest BCUT2D eigenvalue weighted by Gasteiger charge is -2.14. The number of pyridine rings is 1. The van der Waals surface area contributed by atoms with Gasteiger partial charge in [0.25, 0.3) is 6.43 Å². The lowest BCUT2D eigenvalue weighted by Crippen LogP contribution is -2.15. The third-order valence-electron chi connectivity index (χ3n) is 1.74. The summed E-state index contributed by atoms with van der Waals surface area (Å²) in [5, 5.41) is 8.92. The second kappa shape index (κ2) is 4.03. The molecule has 8 heteroatoms. The maximum Gasteiger partial charge on any atom is 0.419 e. The van der Waals surface area contributed by atoms with Crippen molar-refractivity contribution < 1.29 is 31.9 Å². The standard InChI is InChI=1S/C8H4F5NO2/c9-7(10)6-5(8(11,12)13)3(2-15)4(16)1-14-6/h1-2,7,16H. The van der Waals surface area contributed by atoms with Crippen LogP contribution in [0, 0.1) is 0 Å². The van der Waals surface area contributed by atoms with E-state index in [4.69, 9.17) is 5.11 Å². The van der Waals surface area contributed by atoms with Crippen molar-refractivity contribution in [3.05, 3.63) is 23.0 Å². The van der Waals surface area contributed by atoms with Crippen molar-refractivity contribution in [2.75, 3.05) is 0 Å². The molecule has 0 fully saturated rings. The van der Waals surface area contributed by atoms with E-state index in [9.17, 15) is 26.7 Å². The molecular formula is C8H4F5NO2. The molecule has 1 heterocycles. The molecule has 0 amide bonds. The summed E-state index contributed by atoms with van der Waals surface area (Å²) in [6, 6.07) is 0. The Morgan fingerprint density at radius 3 is 2.31 bits per heavy atom. The summed E-state index contributed by atoms with van der Waals surface area (Å²) in [5.74, 6) is -1.09. The van der Waals surface area contributed by atoms with Gasteiger partial charge in [-0.25, -0.2) is 8.78 Å². The third-order valence-corrected chi connectivity index (χ3v) is 1.74. The molecule has 16 heavy (non-hydrogen) atoms.